The average molecular weight is 271 g/mol. The summed E-state index contributed by atoms with van der Waals surface area (Å²) < 4.78 is 0. The Hall–Kier alpha value is -1.30. The van der Waals surface area contributed by atoms with Crippen LogP contribution in [-0.4, -0.2) is 65.7 Å². The number of urea groups is 1. The standard InChI is InChI=1S/C13H25N3O3/c1-4-16-7-5-11(6-8-16)15(3)13(19)14-10(2)9-12(17)18/h10-11H,4-9H2,1-3H3,(H,14,19)(H,17,18). The Balaban J connectivity index is 2.38. The second kappa shape index (κ2) is 7.33. The molecule has 1 rings (SSSR count). The first-order chi connectivity index (χ1) is 8.93. The molecule has 6 nitrogen and oxygen atoms in total. The molecule has 0 saturated carbocycles. The van der Waals surface area contributed by atoms with Crippen LogP contribution in [0.25, 0.3) is 0 Å². The zero-order chi connectivity index (χ0) is 14.4. The van der Waals surface area contributed by atoms with Gasteiger partial charge >= 0.3 is 12.0 Å². The zero-order valence-corrected chi connectivity index (χ0v) is 12.1. The molecule has 1 aliphatic rings. The molecule has 0 bridgehead atoms. The van der Waals surface area contributed by atoms with E-state index in [0.29, 0.717) is 0 Å². The molecule has 1 atom stereocenters. The largest absolute Gasteiger partial charge is 0.481 e. The van der Waals surface area contributed by atoms with E-state index in [0.717, 1.165) is 32.5 Å². The number of carbonyl (C=O) groups is 2. The van der Waals surface area contributed by atoms with Gasteiger partial charge in [0.05, 0.1) is 6.42 Å². The summed E-state index contributed by atoms with van der Waals surface area (Å²) in [5.74, 6) is -0.897. The van der Waals surface area contributed by atoms with Crippen molar-refractivity contribution in [3.8, 4) is 0 Å². The highest BCUT2D eigenvalue weighted by Crippen LogP contribution is 2.15. The molecule has 2 amide bonds. The highest BCUT2D eigenvalue weighted by Gasteiger charge is 2.25. The van der Waals surface area contributed by atoms with Crippen LogP contribution in [0.15, 0.2) is 0 Å². The van der Waals surface area contributed by atoms with Crippen molar-refractivity contribution in [1.29, 1.82) is 0 Å². The summed E-state index contributed by atoms with van der Waals surface area (Å²) in [6, 6.07) is -0.272. The van der Waals surface area contributed by atoms with Gasteiger partial charge in [-0.05, 0) is 26.3 Å². The number of carbonyl (C=O) groups excluding carboxylic acids is 1. The maximum absolute atomic E-state index is 12.0. The van der Waals surface area contributed by atoms with Crippen molar-refractivity contribution in [2.75, 3.05) is 26.7 Å². The van der Waals surface area contributed by atoms with Crippen LogP contribution in [0, 0.1) is 0 Å². The van der Waals surface area contributed by atoms with Crippen molar-refractivity contribution in [3.63, 3.8) is 0 Å². The van der Waals surface area contributed by atoms with E-state index >= 15 is 0 Å². The maximum atomic E-state index is 12.0. The second-order valence-electron chi connectivity index (χ2n) is 5.22. The van der Waals surface area contributed by atoms with Gasteiger partial charge in [0.15, 0.2) is 0 Å². The van der Waals surface area contributed by atoms with Gasteiger partial charge in [0.2, 0.25) is 0 Å². The van der Waals surface area contributed by atoms with Crippen molar-refractivity contribution in [1.82, 2.24) is 15.1 Å². The summed E-state index contributed by atoms with van der Waals surface area (Å²) in [6.07, 6.45) is 1.91. The Bertz CT molecular complexity index is 314. The smallest absolute Gasteiger partial charge is 0.317 e. The fraction of sp³-hybridized carbons (Fsp3) is 0.846. The second-order valence-corrected chi connectivity index (χ2v) is 5.22. The molecule has 19 heavy (non-hydrogen) atoms. The predicted molar refractivity (Wildman–Crippen MR) is 73.1 cm³/mol. The van der Waals surface area contributed by atoms with Crippen molar-refractivity contribution < 1.29 is 14.7 Å². The highest BCUT2D eigenvalue weighted by atomic mass is 16.4. The Morgan fingerprint density at radius 2 is 2.00 bits per heavy atom. The minimum Gasteiger partial charge on any atom is -0.481 e. The topological polar surface area (TPSA) is 72.9 Å². The first-order valence-corrected chi connectivity index (χ1v) is 6.91. The average Bonchev–Trinajstić information content (AvgIpc) is 2.36. The molecule has 2 N–H and O–H groups in total. The number of nitrogens with one attached hydrogen (secondary N) is 1. The molecule has 0 aromatic carbocycles. The third-order valence-electron chi connectivity index (χ3n) is 3.72. The summed E-state index contributed by atoms with van der Waals surface area (Å²) in [6.45, 7) is 6.94. The van der Waals surface area contributed by atoms with Crippen LogP contribution in [0.3, 0.4) is 0 Å². The number of piperidine rings is 1. The van der Waals surface area contributed by atoms with Gasteiger partial charge in [-0.25, -0.2) is 4.79 Å². The van der Waals surface area contributed by atoms with Gasteiger partial charge in [-0.15, -0.1) is 0 Å². The third kappa shape index (κ3) is 5.06. The SMILES string of the molecule is CCN1CCC(N(C)C(=O)NC(C)CC(=O)O)CC1. The van der Waals surface area contributed by atoms with Crippen LogP contribution in [0.2, 0.25) is 0 Å². The summed E-state index contributed by atoms with van der Waals surface area (Å²) in [7, 11) is 1.79. The Kier molecular flexibility index (Phi) is 6.08. The minimum atomic E-state index is -0.897. The van der Waals surface area contributed by atoms with Gasteiger partial charge in [0.25, 0.3) is 0 Å². The monoisotopic (exact) mass is 271 g/mol. The van der Waals surface area contributed by atoms with Crippen molar-refractivity contribution in [3.05, 3.63) is 0 Å². The van der Waals surface area contributed by atoms with Crippen LogP contribution in [-0.2, 0) is 4.79 Å². The molecule has 110 valence electrons. The molecule has 0 aromatic heterocycles. The van der Waals surface area contributed by atoms with E-state index in [1.54, 1.807) is 18.9 Å². The normalized spacial score (nSPS) is 18.9. The van der Waals surface area contributed by atoms with Crippen LogP contribution >= 0.6 is 0 Å². The number of amides is 2. The van der Waals surface area contributed by atoms with E-state index < -0.39 is 5.97 Å². The van der Waals surface area contributed by atoms with Crippen molar-refractivity contribution >= 4 is 12.0 Å². The number of carboxylic acid groups (broad SMARTS) is 1. The molecule has 0 aromatic rings. The number of hydrogen-bond donors (Lipinski definition) is 2. The Morgan fingerprint density at radius 3 is 2.47 bits per heavy atom. The van der Waals surface area contributed by atoms with E-state index in [-0.39, 0.29) is 24.5 Å². The molecule has 6 heteroatoms. The van der Waals surface area contributed by atoms with Gasteiger partial charge in [-0.1, -0.05) is 6.92 Å². The van der Waals surface area contributed by atoms with Gasteiger partial charge in [0, 0.05) is 32.2 Å². The number of likely N-dealkylation sites (tertiary alicyclic amines) is 1. The molecule has 1 saturated heterocycles. The van der Waals surface area contributed by atoms with E-state index in [2.05, 4.69) is 17.1 Å². The predicted octanol–water partition coefficient (Wildman–Crippen LogP) is 0.975. The zero-order valence-electron chi connectivity index (χ0n) is 12.1. The highest BCUT2D eigenvalue weighted by molar-refractivity contribution is 5.75. The van der Waals surface area contributed by atoms with Crippen LogP contribution in [0.1, 0.15) is 33.1 Å². The molecule has 0 aliphatic carbocycles. The van der Waals surface area contributed by atoms with Gasteiger partial charge in [-0.2, -0.15) is 0 Å². The molecule has 1 unspecified atom stereocenters. The lowest BCUT2D eigenvalue weighted by Gasteiger charge is -2.36. The summed E-state index contributed by atoms with van der Waals surface area (Å²) in [5, 5.41) is 11.4. The van der Waals surface area contributed by atoms with Gasteiger partial charge in [-0.3, -0.25) is 4.79 Å². The summed E-state index contributed by atoms with van der Waals surface area (Å²) in [5.41, 5.74) is 0. The lowest BCUT2D eigenvalue weighted by molar-refractivity contribution is -0.137. The molecule has 1 fully saturated rings. The number of hydrogen-bond acceptors (Lipinski definition) is 3. The van der Waals surface area contributed by atoms with Gasteiger partial charge < -0.3 is 20.2 Å². The van der Waals surface area contributed by atoms with E-state index in [1.807, 2.05) is 0 Å². The fourth-order valence-electron chi connectivity index (χ4n) is 2.41. The van der Waals surface area contributed by atoms with Crippen LogP contribution in [0.4, 0.5) is 4.79 Å². The Morgan fingerprint density at radius 1 is 1.42 bits per heavy atom. The maximum Gasteiger partial charge on any atom is 0.317 e. The van der Waals surface area contributed by atoms with E-state index in [9.17, 15) is 9.59 Å². The minimum absolute atomic E-state index is 0.0478. The molecular formula is C13H25N3O3. The summed E-state index contributed by atoms with van der Waals surface area (Å²) >= 11 is 0. The van der Waals surface area contributed by atoms with Gasteiger partial charge in [0.1, 0.15) is 0 Å². The molecule has 1 aliphatic heterocycles. The molecule has 0 spiro atoms. The van der Waals surface area contributed by atoms with Crippen molar-refractivity contribution in [2.45, 2.75) is 45.2 Å². The molecule has 0 radical (unpaired) electrons. The van der Waals surface area contributed by atoms with E-state index in [1.165, 1.54) is 0 Å². The van der Waals surface area contributed by atoms with E-state index in [4.69, 9.17) is 5.11 Å². The number of aliphatic carboxylic acids is 1. The van der Waals surface area contributed by atoms with Crippen LogP contribution in [0.5, 0.6) is 0 Å². The number of rotatable bonds is 5. The van der Waals surface area contributed by atoms with Crippen molar-refractivity contribution in [2.24, 2.45) is 0 Å². The number of nitrogens with zero attached hydrogens (tertiary/aromatic N) is 2. The first-order valence-electron chi connectivity index (χ1n) is 6.91. The molecule has 1 heterocycles. The fourth-order valence-corrected chi connectivity index (χ4v) is 2.41. The lowest BCUT2D eigenvalue weighted by Crippen LogP contribution is -2.50. The van der Waals surface area contributed by atoms with Crippen LogP contribution < -0.4 is 5.32 Å². The lowest BCUT2D eigenvalue weighted by atomic mass is 10.0. The Labute approximate surface area is 114 Å². The number of carboxylic acids is 1. The quantitative estimate of drug-likeness (QED) is 0.781. The first kappa shape index (κ1) is 15.8. The molecular weight excluding hydrogens is 246 g/mol. The third-order valence-corrected chi connectivity index (χ3v) is 3.72. The summed E-state index contributed by atoms with van der Waals surface area (Å²) in [4.78, 5) is 26.6.